The van der Waals surface area contributed by atoms with Gasteiger partial charge in [0.25, 0.3) is 0 Å². The molecule has 0 saturated heterocycles. The smallest absolute Gasteiger partial charge is 0.231 e. The fourth-order valence-corrected chi connectivity index (χ4v) is 4.05. The lowest BCUT2D eigenvalue weighted by Crippen LogP contribution is -2.11. The molecule has 0 radical (unpaired) electrons. The molecule has 0 amide bonds. The predicted octanol–water partition coefficient (Wildman–Crippen LogP) is 4.64. The molecule has 1 aliphatic heterocycles. The van der Waals surface area contributed by atoms with Gasteiger partial charge in [0, 0.05) is 16.3 Å². The monoisotopic (exact) mass is 428 g/mol. The van der Waals surface area contributed by atoms with Crippen molar-refractivity contribution in [1.82, 2.24) is 14.9 Å². The van der Waals surface area contributed by atoms with Crippen LogP contribution in [0.1, 0.15) is 5.56 Å². The Morgan fingerprint density at radius 3 is 2.73 bits per heavy atom. The Morgan fingerprint density at radius 1 is 1.08 bits per heavy atom. The predicted molar refractivity (Wildman–Crippen MR) is 103 cm³/mol. The maximum absolute atomic E-state index is 6.22. The second kappa shape index (κ2) is 7.08. The van der Waals surface area contributed by atoms with E-state index in [-0.39, 0.29) is 6.79 Å². The minimum atomic E-state index is 0.175. The number of thioether (sulfide) groups is 1. The van der Waals surface area contributed by atoms with E-state index >= 15 is 0 Å². The molecule has 10 heteroatoms. The van der Waals surface area contributed by atoms with Gasteiger partial charge in [-0.2, -0.15) is 0 Å². The molecule has 0 saturated carbocycles. The molecule has 6 nitrogen and oxygen atoms in total. The second-order valence-corrected chi connectivity index (χ2v) is 7.59. The number of ether oxygens (including phenoxy) is 2. The van der Waals surface area contributed by atoms with Gasteiger partial charge in [-0.05, 0) is 35.9 Å². The normalized spacial score (nSPS) is 12.6. The molecule has 1 aromatic heterocycles. The van der Waals surface area contributed by atoms with Crippen molar-refractivity contribution in [3.05, 3.63) is 51.0 Å². The van der Waals surface area contributed by atoms with Crippen molar-refractivity contribution in [1.29, 1.82) is 0 Å². The highest BCUT2D eigenvalue weighted by Gasteiger charge is 2.19. The van der Waals surface area contributed by atoms with Crippen LogP contribution >= 0.6 is 46.6 Å². The molecule has 2 heterocycles. The summed E-state index contributed by atoms with van der Waals surface area (Å²) < 4.78 is 12.1. The van der Waals surface area contributed by atoms with Crippen LogP contribution < -0.4 is 15.3 Å². The SMILES string of the molecule is Nn1c(SCc2cc(Cl)c3c(c2)OCO3)nnc1-c1ccc(Cl)cc1Cl. The van der Waals surface area contributed by atoms with Crippen molar-refractivity contribution in [2.45, 2.75) is 10.9 Å². The fraction of sp³-hybridized carbons (Fsp3) is 0.125. The quantitative estimate of drug-likeness (QED) is 0.481. The summed E-state index contributed by atoms with van der Waals surface area (Å²) in [5.74, 6) is 8.38. The van der Waals surface area contributed by atoms with Crippen molar-refractivity contribution in [2.24, 2.45) is 0 Å². The Balaban J connectivity index is 1.55. The van der Waals surface area contributed by atoms with Gasteiger partial charge in [-0.25, -0.2) is 4.68 Å². The summed E-state index contributed by atoms with van der Waals surface area (Å²) in [5.41, 5.74) is 1.61. The highest BCUT2D eigenvalue weighted by atomic mass is 35.5. The average molecular weight is 430 g/mol. The Morgan fingerprint density at radius 2 is 1.92 bits per heavy atom. The Bertz CT molecular complexity index is 996. The summed E-state index contributed by atoms with van der Waals surface area (Å²) in [6, 6.07) is 8.82. The molecular formula is C16H11Cl3N4O2S. The Labute approximate surface area is 168 Å². The zero-order chi connectivity index (χ0) is 18.3. The molecule has 0 unspecified atom stereocenters. The number of nitrogens with two attached hydrogens (primary N) is 1. The van der Waals surface area contributed by atoms with Crippen LogP contribution in [0, 0.1) is 0 Å². The summed E-state index contributed by atoms with van der Waals surface area (Å²) in [7, 11) is 0. The lowest BCUT2D eigenvalue weighted by atomic mass is 10.2. The van der Waals surface area contributed by atoms with E-state index < -0.39 is 0 Å². The molecule has 2 aromatic carbocycles. The number of hydrogen-bond acceptors (Lipinski definition) is 6. The molecule has 0 fully saturated rings. The van der Waals surface area contributed by atoms with Crippen LogP contribution in [0.15, 0.2) is 35.5 Å². The van der Waals surface area contributed by atoms with Gasteiger partial charge < -0.3 is 15.3 Å². The summed E-state index contributed by atoms with van der Waals surface area (Å²) in [5, 5.41) is 10.3. The van der Waals surface area contributed by atoms with E-state index in [0.29, 0.717) is 48.9 Å². The van der Waals surface area contributed by atoms with Crippen LogP contribution in [0.3, 0.4) is 0 Å². The standard InChI is InChI=1S/C16H11Cl3N4O2S/c17-9-1-2-10(11(18)5-9)15-21-22-16(23(15)20)26-6-8-3-12(19)14-13(4-8)24-7-25-14/h1-5H,6-7,20H2. The number of halogens is 3. The average Bonchev–Trinajstić information content (AvgIpc) is 3.21. The van der Waals surface area contributed by atoms with Gasteiger partial charge in [0.1, 0.15) is 0 Å². The van der Waals surface area contributed by atoms with Gasteiger partial charge >= 0.3 is 0 Å². The van der Waals surface area contributed by atoms with Crippen LogP contribution in [0.5, 0.6) is 11.5 Å². The number of benzene rings is 2. The zero-order valence-electron chi connectivity index (χ0n) is 13.1. The van der Waals surface area contributed by atoms with Crippen molar-refractivity contribution < 1.29 is 9.47 Å². The highest BCUT2D eigenvalue weighted by molar-refractivity contribution is 7.98. The van der Waals surface area contributed by atoms with Crippen LogP contribution in [0.25, 0.3) is 11.4 Å². The minimum Gasteiger partial charge on any atom is -0.454 e. The lowest BCUT2D eigenvalue weighted by molar-refractivity contribution is 0.174. The first kappa shape index (κ1) is 17.6. The number of rotatable bonds is 4. The molecule has 3 aromatic rings. The molecule has 26 heavy (non-hydrogen) atoms. The largest absolute Gasteiger partial charge is 0.454 e. The second-order valence-electron chi connectivity index (χ2n) is 5.40. The summed E-state index contributed by atoms with van der Waals surface area (Å²) >= 11 is 19.8. The van der Waals surface area contributed by atoms with Gasteiger partial charge in [-0.1, -0.05) is 46.6 Å². The van der Waals surface area contributed by atoms with Crippen LogP contribution in [-0.2, 0) is 5.75 Å². The molecule has 0 spiro atoms. The van der Waals surface area contributed by atoms with Gasteiger partial charge in [-0.3, -0.25) is 0 Å². The van der Waals surface area contributed by atoms with E-state index in [2.05, 4.69) is 10.2 Å². The topological polar surface area (TPSA) is 75.2 Å². The molecule has 0 bridgehead atoms. The summed E-state index contributed by atoms with van der Waals surface area (Å²) in [6.07, 6.45) is 0. The van der Waals surface area contributed by atoms with E-state index in [1.807, 2.05) is 12.1 Å². The van der Waals surface area contributed by atoms with Gasteiger partial charge in [0.05, 0.1) is 10.0 Å². The van der Waals surface area contributed by atoms with Gasteiger partial charge in [0.2, 0.25) is 11.9 Å². The van der Waals surface area contributed by atoms with E-state index in [9.17, 15) is 0 Å². The van der Waals surface area contributed by atoms with Crippen molar-refractivity contribution in [3.63, 3.8) is 0 Å². The van der Waals surface area contributed by atoms with Crippen molar-refractivity contribution >= 4 is 46.6 Å². The molecule has 134 valence electrons. The first-order valence-electron chi connectivity index (χ1n) is 7.39. The maximum Gasteiger partial charge on any atom is 0.231 e. The van der Waals surface area contributed by atoms with E-state index in [0.717, 1.165) is 5.56 Å². The van der Waals surface area contributed by atoms with Crippen molar-refractivity contribution in [2.75, 3.05) is 12.6 Å². The molecule has 2 N–H and O–H groups in total. The number of nitrogen functional groups attached to an aromatic ring is 1. The number of aromatic nitrogens is 3. The Kier molecular flexibility index (Phi) is 4.79. The van der Waals surface area contributed by atoms with Crippen LogP contribution in [-0.4, -0.2) is 21.7 Å². The van der Waals surface area contributed by atoms with Crippen LogP contribution in [0.4, 0.5) is 0 Å². The highest BCUT2D eigenvalue weighted by Crippen LogP contribution is 2.41. The third-order valence-electron chi connectivity index (χ3n) is 3.69. The van der Waals surface area contributed by atoms with E-state index in [1.165, 1.54) is 16.4 Å². The minimum absolute atomic E-state index is 0.175. The summed E-state index contributed by atoms with van der Waals surface area (Å²) in [4.78, 5) is 0. The van der Waals surface area contributed by atoms with Gasteiger partial charge in [-0.15, -0.1) is 10.2 Å². The molecule has 4 rings (SSSR count). The molecule has 0 atom stereocenters. The number of hydrogen-bond donors (Lipinski definition) is 1. The third kappa shape index (κ3) is 3.27. The Hall–Kier alpha value is -1.80. The number of nitrogens with zero attached hydrogens (tertiary/aromatic N) is 3. The fourth-order valence-electron chi connectivity index (χ4n) is 2.48. The number of fused-ring (bicyclic) bond motifs is 1. The van der Waals surface area contributed by atoms with E-state index in [4.69, 9.17) is 50.1 Å². The first-order chi connectivity index (χ1) is 12.5. The maximum atomic E-state index is 6.22. The third-order valence-corrected chi connectivity index (χ3v) is 5.53. The van der Waals surface area contributed by atoms with Crippen LogP contribution in [0.2, 0.25) is 15.1 Å². The summed E-state index contributed by atoms with van der Waals surface area (Å²) in [6.45, 7) is 0.175. The van der Waals surface area contributed by atoms with E-state index in [1.54, 1.807) is 18.2 Å². The molecular weight excluding hydrogens is 419 g/mol. The first-order valence-corrected chi connectivity index (χ1v) is 9.51. The molecule has 1 aliphatic rings. The lowest BCUT2D eigenvalue weighted by Gasteiger charge is -2.07. The zero-order valence-corrected chi connectivity index (χ0v) is 16.2. The van der Waals surface area contributed by atoms with Gasteiger partial charge in [0.15, 0.2) is 17.3 Å². The molecule has 0 aliphatic carbocycles. The van der Waals surface area contributed by atoms with Crippen molar-refractivity contribution in [3.8, 4) is 22.9 Å².